The first-order valence-electron chi connectivity index (χ1n) is 4.39. The maximum Gasteiger partial charge on any atom is 0.335 e. The van der Waals surface area contributed by atoms with E-state index in [4.69, 9.17) is 10.4 Å². The van der Waals surface area contributed by atoms with Gasteiger partial charge in [0.1, 0.15) is 11.5 Å². The summed E-state index contributed by atoms with van der Waals surface area (Å²) in [5, 5.41) is 19.6. The SMILES string of the molecule is CSC(=Nc1cc(C(=O)O)ccc1F)NC#N. The highest BCUT2D eigenvalue weighted by atomic mass is 32.2. The number of rotatable bonds is 2. The van der Waals surface area contributed by atoms with E-state index in [-0.39, 0.29) is 16.4 Å². The second-order valence-corrected chi connectivity index (χ2v) is 3.62. The molecule has 0 aliphatic heterocycles. The molecule has 17 heavy (non-hydrogen) atoms. The summed E-state index contributed by atoms with van der Waals surface area (Å²) in [4.78, 5) is 14.5. The quantitative estimate of drug-likeness (QED) is 0.364. The van der Waals surface area contributed by atoms with Gasteiger partial charge in [-0.15, -0.1) is 0 Å². The molecule has 2 N–H and O–H groups in total. The molecule has 7 heteroatoms. The first-order valence-corrected chi connectivity index (χ1v) is 5.61. The largest absolute Gasteiger partial charge is 0.478 e. The van der Waals surface area contributed by atoms with Crippen LogP contribution in [0.15, 0.2) is 23.2 Å². The third kappa shape index (κ3) is 3.46. The number of halogens is 1. The van der Waals surface area contributed by atoms with Gasteiger partial charge in [-0.25, -0.2) is 14.2 Å². The number of hydrogen-bond donors (Lipinski definition) is 2. The number of aromatic carboxylic acids is 1. The highest BCUT2D eigenvalue weighted by Crippen LogP contribution is 2.20. The topological polar surface area (TPSA) is 85.5 Å². The average Bonchev–Trinajstić information content (AvgIpc) is 2.30. The fraction of sp³-hybridized carbons (Fsp3) is 0.100. The van der Waals surface area contributed by atoms with Crippen LogP contribution in [0.3, 0.4) is 0 Å². The van der Waals surface area contributed by atoms with Crippen molar-refractivity contribution in [2.45, 2.75) is 0 Å². The van der Waals surface area contributed by atoms with Gasteiger partial charge in [0.05, 0.1) is 5.56 Å². The van der Waals surface area contributed by atoms with Crippen LogP contribution < -0.4 is 5.32 Å². The van der Waals surface area contributed by atoms with Gasteiger partial charge in [0.25, 0.3) is 0 Å². The van der Waals surface area contributed by atoms with E-state index in [1.54, 1.807) is 12.4 Å². The lowest BCUT2D eigenvalue weighted by atomic mass is 10.2. The minimum absolute atomic E-state index is 0.0671. The summed E-state index contributed by atoms with van der Waals surface area (Å²) in [6.45, 7) is 0. The Morgan fingerprint density at radius 2 is 2.35 bits per heavy atom. The Labute approximate surface area is 101 Å². The predicted octanol–water partition coefficient (Wildman–Crippen LogP) is 1.95. The van der Waals surface area contributed by atoms with Gasteiger partial charge in [-0.3, -0.25) is 5.32 Å². The first-order chi connectivity index (χ1) is 8.08. The molecular weight excluding hydrogens is 245 g/mol. The number of carboxylic acid groups (broad SMARTS) is 1. The van der Waals surface area contributed by atoms with Crippen molar-refractivity contribution in [3.05, 3.63) is 29.6 Å². The third-order valence-electron chi connectivity index (χ3n) is 1.77. The summed E-state index contributed by atoms with van der Waals surface area (Å²) in [6.07, 6.45) is 3.31. The van der Waals surface area contributed by atoms with Crippen molar-refractivity contribution in [1.82, 2.24) is 5.32 Å². The summed E-state index contributed by atoms with van der Waals surface area (Å²) >= 11 is 1.11. The number of hydrogen-bond acceptors (Lipinski definition) is 4. The van der Waals surface area contributed by atoms with Gasteiger partial charge in [0.15, 0.2) is 11.4 Å². The fourth-order valence-corrected chi connectivity index (χ4v) is 1.35. The smallest absolute Gasteiger partial charge is 0.335 e. The van der Waals surface area contributed by atoms with Crippen LogP contribution in [0.25, 0.3) is 0 Å². The van der Waals surface area contributed by atoms with E-state index < -0.39 is 11.8 Å². The van der Waals surface area contributed by atoms with Gasteiger partial charge in [0.2, 0.25) is 0 Å². The maximum atomic E-state index is 13.4. The van der Waals surface area contributed by atoms with Crippen LogP contribution in [-0.2, 0) is 0 Å². The Hall–Kier alpha value is -2.07. The van der Waals surface area contributed by atoms with Gasteiger partial charge in [-0.1, -0.05) is 11.8 Å². The van der Waals surface area contributed by atoms with Gasteiger partial charge < -0.3 is 5.11 Å². The molecular formula is C10H8FN3O2S. The molecule has 5 nitrogen and oxygen atoms in total. The van der Waals surface area contributed by atoms with Crippen molar-refractivity contribution < 1.29 is 14.3 Å². The second kappa shape index (κ2) is 5.86. The van der Waals surface area contributed by atoms with E-state index >= 15 is 0 Å². The molecule has 0 atom stereocenters. The van der Waals surface area contributed by atoms with Crippen molar-refractivity contribution in [3.8, 4) is 6.19 Å². The van der Waals surface area contributed by atoms with Gasteiger partial charge in [-0.2, -0.15) is 5.26 Å². The lowest BCUT2D eigenvalue weighted by molar-refractivity contribution is 0.0697. The van der Waals surface area contributed by atoms with E-state index in [1.165, 1.54) is 0 Å². The van der Waals surface area contributed by atoms with Crippen molar-refractivity contribution in [1.29, 1.82) is 5.26 Å². The average molecular weight is 253 g/mol. The standard InChI is InChI=1S/C10H8FN3O2S/c1-17-10(13-5-12)14-8-4-6(9(15)16)2-3-7(8)11/h2-4H,1H3,(H,13,14)(H,15,16). The van der Waals surface area contributed by atoms with Crippen LogP contribution in [0.2, 0.25) is 0 Å². The number of amidine groups is 1. The zero-order valence-corrected chi connectivity index (χ0v) is 9.58. The van der Waals surface area contributed by atoms with Crippen LogP contribution in [-0.4, -0.2) is 22.5 Å². The molecule has 1 rings (SSSR count). The van der Waals surface area contributed by atoms with Crippen LogP contribution in [0.5, 0.6) is 0 Å². The van der Waals surface area contributed by atoms with Gasteiger partial charge >= 0.3 is 5.97 Å². The Morgan fingerprint density at radius 3 is 2.88 bits per heavy atom. The summed E-state index contributed by atoms with van der Waals surface area (Å²) in [6, 6.07) is 3.27. The highest BCUT2D eigenvalue weighted by Gasteiger charge is 2.08. The van der Waals surface area contributed by atoms with Crippen LogP contribution in [0, 0.1) is 17.3 Å². The van der Waals surface area contributed by atoms with E-state index in [1.807, 2.05) is 0 Å². The Morgan fingerprint density at radius 1 is 1.65 bits per heavy atom. The number of nitrogens with zero attached hydrogens (tertiary/aromatic N) is 2. The van der Waals surface area contributed by atoms with Crippen LogP contribution in [0.1, 0.15) is 10.4 Å². The number of nitriles is 1. The van der Waals surface area contributed by atoms with Crippen molar-refractivity contribution in [3.63, 3.8) is 0 Å². The number of benzene rings is 1. The number of carbonyl (C=O) groups is 1. The minimum atomic E-state index is -1.17. The molecule has 0 aliphatic rings. The molecule has 1 aromatic carbocycles. The van der Waals surface area contributed by atoms with Crippen molar-refractivity contribution >= 4 is 28.6 Å². The minimum Gasteiger partial charge on any atom is -0.478 e. The molecule has 0 aliphatic carbocycles. The molecule has 1 aromatic rings. The molecule has 0 fully saturated rings. The van der Waals surface area contributed by atoms with E-state index in [9.17, 15) is 9.18 Å². The van der Waals surface area contributed by atoms with E-state index in [0.29, 0.717) is 0 Å². The maximum absolute atomic E-state index is 13.4. The molecule has 88 valence electrons. The molecule has 0 spiro atoms. The van der Waals surface area contributed by atoms with E-state index in [0.717, 1.165) is 30.0 Å². The Bertz CT molecular complexity index is 511. The molecule has 0 saturated heterocycles. The number of nitrogens with one attached hydrogen (secondary N) is 1. The van der Waals surface area contributed by atoms with Crippen molar-refractivity contribution in [2.24, 2.45) is 4.99 Å². The van der Waals surface area contributed by atoms with Crippen LogP contribution >= 0.6 is 11.8 Å². The van der Waals surface area contributed by atoms with Gasteiger partial charge in [-0.05, 0) is 24.5 Å². The zero-order chi connectivity index (χ0) is 12.8. The fourth-order valence-electron chi connectivity index (χ4n) is 1.01. The summed E-state index contributed by atoms with van der Waals surface area (Å²) in [5.41, 5.74) is -0.195. The molecule has 0 bridgehead atoms. The predicted molar refractivity (Wildman–Crippen MR) is 62.7 cm³/mol. The Kier molecular flexibility index (Phi) is 4.48. The first kappa shape index (κ1) is 13.0. The van der Waals surface area contributed by atoms with Gasteiger partial charge in [0, 0.05) is 0 Å². The summed E-state index contributed by atoms with van der Waals surface area (Å²) in [5.74, 6) is -1.82. The summed E-state index contributed by atoms with van der Waals surface area (Å²) in [7, 11) is 0. The number of carboxylic acids is 1. The zero-order valence-electron chi connectivity index (χ0n) is 8.77. The second-order valence-electron chi connectivity index (χ2n) is 2.83. The third-order valence-corrected chi connectivity index (χ3v) is 2.35. The molecule has 0 saturated carbocycles. The molecule has 0 heterocycles. The lowest BCUT2D eigenvalue weighted by Crippen LogP contribution is -2.12. The number of aliphatic imine (C=N–C) groups is 1. The van der Waals surface area contributed by atoms with E-state index in [2.05, 4.69) is 10.3 Å². The van der Waals surface area contributed by atoms with Crippen LogP contribution in [0.4, 0.5) is 10.1 Å². The number of thioether (sulfide) groups is 1. The molecule has 0 amide bonds. The normalized spacial score (nSPS) is 10.8. The highest BCUT2D eigenvalue weighted by molar-refractivity contribution is 8.13. The monoisotopic (exact) mass is 253 g/mol. The lowest BCUT2D eigenvalue weighted by Gasteiger charge is -2.02. The molecule has 0 unspecified atom stereocenters. The van der Waals surface area contributed by atoms with Crippen molar-refractivity contribution in [2.75, 3.05) is 6.26 Å². The Balaban J connectivity index is 3.17. The summed E-state index contributed by atoms with van der Waals surface area (Å²) < 4.78 is 13.4. The molecule has 0 radical (unpaired) electrons. The molecule has 0 aromatic heterocycles.